The van der Waals surface area contributed by atoms with Gasteiger partial charge in [-0.2, -0.15) is 5.10 Å². The number of amides is 2. The molecule has 0 radical (unpaired) electrons. The van der Waals surface area contributed by atoms with E-state index in [9.17, 15) is 19.5 Å². The van der Waals surface area contributed by atoms with Crippen LogP contribution in [0, 0.1) is 5.41 Å². The van der Waals surface area contributed by atoms with Gasteiger partial charge in [0.1, 0.15) is 12.3 Å². The summed E-state index contributed by atoms with van der Waals surface area (Å²) in [6.45, 7) is 0.213. The zero-order chi connectivity index (χ0) is 23.7. The molecule has 0 atom stereocenters. The van der Waals surface area contributed by atoms with Gasteiger partial charge in [0.15, 0.2) is 5.82 Å². The Hall–Kier alpha value is -4.14. The maximum Gasteiger partial charge on any atom is 0.412 e. The Balaban J connectivity index is 1.17. The molecule has 2 amide bonds. The Kier molecular flexibility index (Phi) is 5.53. The minimum Gasteiger partial charge on any atom is -0.481 e. The molecule has 174 valence electrons. The van der Waals surface area contributed by atoms with Crippen LogP contribution < -0.4 is 10.6 Å². The molecule has 9 heteroatoms. The zero-order valence-electron chi connectivity index (χ0n) is 18.3. The van der Waals surface area contributed by atoms with Crippen molar-refractivity contribution in [2.24, 2.45) is 5.41 Å². The number of anilines is 1. The number of nitrogens with zero attached hydrogens (tertiary/aromatic N) is 1. The third kappa shape index (κ3) is 3.89. The average Bonchev–Trinajstić information content (AvgIpc) is 3.39. The third-order valence-electron chi connectivity index (χ3n) is 6.75. The van der Waals surface area contributed by atoms with Gasteiger partial charge in [-0.25, -0.2) is 4.79 Å². The lowest BCUT2D eigenvalue weighted by Crippen LogP contribution is -2.47. The lowest BCUT2D eigenvalue weighted by molar-refractivity contribution is -0.153. The highest BCUT2D eigenvalue weighted by atomic mass is 16.5. The lowest BCUT2D eigenvalue weighted by atomic mass is 9.69. The number of nitrogens with one attached hydrogen (secondary N) is 3. The van der Waals surface area contributed by atoms with Crippen LogP contribution in [0.3, 0.4) is 0 Å². The number of aromatic amines is 1. The largest absolute Gasteiger partial charge is 0.481 e. The van der Waals surface area contributed by atoms with Crippen LogP contribution in [-0.4, -0.2) is 46.4 Å². The molecule has 2 aliphatic carbocycles. The molecule has 1 aromatic heterocycles. The highest BCUT2D eigenvalue weighted by Gasteiger charge is 2.44. The van der Waals surface area contributed by atoms with E-state index in [0.29, 0.717) is 12.8 Å². The molecule has 9 nitrogen and oxygen atoms in total. The van der Waals surface area contributed by atoms with Crippen molar-refractivity contribution >= 4 is 23.8 Å². The molecule has 4 N–H and O–H groups in total. The Morgan fingerprint density at radius 3 is 2.29 bits per heavy atom. The molecule has 0 saturated heterocycles. The van der Waals surface area contributed by atoms with Crippen molar-refractivity contribution in [3.05, 3.63) is 71.4 Å². The van der Waals surface area contributed by atoms with Crippen LogP contribution in [0.5, 0.6) is 0 Å². The SMILES string of the molecule is O=C(Nc1cc(C(=O)NCC2(C(=O)O)CCC2)[nH]n1)OCC1c2ccccc2-c2ccccc21. The van der Waals surface area contributed by atoms with Gasteiger partial charge in [-0.15, -0.1) is 0 Å². The molecular weight excluding hydrogens is 436 g/mol. The Morgan fingerprint density at radius 1 is 1.06 bits per heavy atom. The van der Waals surface area contributed by atoms with E-state index in [2.05, 4.69) is 33.0 Å². The van der Waals surface area contributed by atoms with Crippen molar-refractivity contribution in [3.63, 3.8) is 0 Å². The van der Waals surface area contributed by atoms with E-state index in [-0.39, 0.29) is 30.6 Å². The number of aromatic nitrogens is 2. The van der Waals surface area contributed by atoms with Crippen molar-refractivity contribution in [1.29, 1.82) is 0 Å². The Morgan fingerprint density at radius 2 is 1.71 bits per heavy atom. The number of fused-ring (bicyclic) bond motifs is 3. The van der Waals surface area contributed by atoms with Crippen LogP contribution >= 0.6 is 0 Å². The van der Waals surface area contributed by atoms with Crippen molar-refractivity contribution in [3.8, 4) is 11.1 Å². The second kappa shape index (κ2) is 8.66. The van der Waals surface area contributed by atoms with Crippen LogP contribution in [-0.2, 0) is 9.53 Å². The number of ether oxygens (including phenoxy) is 1. The number of carboxylic acids is 1. The number of carbonyl (C=O) groups excluding carboxylic acids is 2. The van der Waals surface area contributed by atoms with Crippen molar-refractivity contribution in [2.75, 3.05) is 18.5 Å². The van der Waals surface area contributed by atoms with E-state index in [1.165, 1.54) is 6.07 Å². The maximum atomic E-state index is 12.4. The fourth-order valence-electron chi connectivity index (χ4n) is 4.66. The molecule has 0 aliphatic heterocycles. The highest BCUT2D eigenvalue weighted by molar-refractivity contribution is 5.94. The summed E-state index contributed by atoms with van der Waals surface area (Å²) in [6.07, 6.45) is 1.24. The normalized spacial score (nSPS) is 15.5. The zero-order valence-corrected chi connectivity index (χ0v) is 18.3. The van der Waals surface area contributed by atoms with Gasteiger partial charge in [0, 0.05) is 18.5 Å². The lowest BCUT2D eigenvalue weighted by Gasteiger charge is -2.37. The first-order valence-corrected chi connectivity index (χ1v) is 11.2. The maximum absolute atomic E-state index is 12.4. The Bertz CT molecular complexity index is 1220. The van der Waals surface area contributed by atoms with Gasteiger partial charge in [-0.05, 0) is 35.1 Å². The fourth-order valence-corrected chi connectivity index (χ4v) is 4.66. The second-order valence-electron chi connectivity index (χ2n) is 8.74. The molecular formula is C25H24N4O5. The summed E-state index contributed by atoms with van der Waals surface area (Å²) in [7, 11) is 0. The van der Waals surface area contributed by atoms with Gasteiger partial charge in [0.05, 0.1) is 5.41 Å². The number of aliphatic carboxylic acids is 1. The number of benzene rings is 2. The summed E-state index contributed by atoms with van der Waals surface area (Å²) < 4.78 is 5.48. The van der Waals surface area contributed by atoms with Gasteiger partial charge in [0.2, 0.25) is 0 Å². The van der Waals surface area contributed by atoms with Gasteiger partial charge in [-0.1, -0.05) is 55.0 Å². The first-order valence-electron chi connectivity index (χ1n) is 11.2. The number of hydrogen-bond acceptors (Lipinski definition) is 5. The van der Waals surface area contributed by atoms with Gasteiger partial charge < -0.3 is 15.2 Å². The van der Waals surface area contributed by atoms with Crippen molar-refractivity contribution in [1.82, 2.24) is 15.5 Å². The minimum absolute atomic E-state index is 0.0509. The van der Waals surface area contributed by atoms with Gasteiger partial charge >= 0.3 is 12.1 Å². The number of H-pyrrole nitrogens is 1. The fraction of sp³-hybridized carbons (Fsp3) is 0.280. The van der Waals surface area contributed by atoms with Crippen LogP contribution in [0.1, 0.15) is 46.8 Å². The van der Waals surface area contributed by atoms with E-state index >= 15 is 0 Å². The summed E-state index contributed by atoms with van der Waals surface area (Å²) in [6, 6.07) is 17.5. The van der Waals surface area contributed by atoms with Crippen LogP contribution in [0.15, 0.2) is 54.6 Å². The Labute approximate surface area is 195 Å². The molecule has 5 rings (SSSR count). The minimum atomic E-state index is -0.902. The molecule has 1 fully saturated rings. The quantitative estimate of drug-likeness (QED) is 0.424. The first-order chi connectivity index (χ1) is 16.5. The summed E-state index contributed by atoms with van der Waals surface area (Å²) in [5.41, 5.74) is 3.73. The summed E-state index contributed by atoms with van der Waals surface area (Å²) in [5, 5.41) is 21.0. The molecule has 2 aliphatic rings. The summed E-state index contributed by atoms with van der Waals surface area (Å²) in [5.74, 6) is -1.31. The van der Waals surface area contributed by atoms with E-state index in [1.807, 2.05) is 36.4 Å². The summed E-state index contributed by atoms with van der Waals surface area (Å²) in [4.78, 5) is 36.2. The third-order valence-corrected chi connectivity index (χ3v) is 6.75. The van der Waals surface area contributed by atoms with E-state index in [4.69, 9.17) is 4.74 Å². The number of carbonyl (C=O) groups is 3. The average molecular weight is 460 g/mol. The molecule has 0 spiro atoms. The number of carboxylic acid groups (broad SMARTS) is 1. The van der Waals surface area contributed by atoms with E-state index in [0.717, 1.165) is 28.7 Å². The smallest absolute Gasteiger partial charge is 0.412 e. The van der Waals surface area contributed by atoms with Crippen molar-refractivity contribution in [2.45, 2.75) is 25.2 Å². The summed E-state index contributed by atoms with van der Waals surface area (Å²) >= 11 is 0. The number of hydrogen-bond donors (Lipinski definition) is 4. The molecule has 0 unspecified atom stereocenters. The van der Waals surface area contributed by atoms with E-state index < -0.39 is 23.4 Å². The molecule has 1 saturated carbocycles. The van der Waals surface area contributed by atoms with Crippen LogP contribution in [0.25, 0.3) is 11.1 Å². The predicted molar refractivity (Wildman–Crippen MR) is 124 cm³/mol. The monoisotopic (exact) mass is 460 g/mol. The molecule has 0 bridgehead atoms. The van der Waals surface area contributed by atoms with Crippen molar-refractivity contribution < 1.29 is 24.2 Å². The number of rotatable bonds is 7. The molecule has 2 aromatic carbocycles. The topological polar surface area (TPSA) is 133 Å². The molecule has 3 aromatic rings. The van der Waals surface area contributed by atoms with E-state index in [1.54, 1.807) is 0 Å². The standard InChI is InChI=1S/C25H24N4O5/c30-22(26-14-25(23(31)32)10-5-11-25)20-12-21(29-28-20)27-24(33)34-13-19-17-8-3-1-6-15(17)16-7-2-4-9-18(16)19/h1-4,6-9,12,19H,5,10-11,13-14H2,(H,26,30)(H,31,32)(H2,27,28,29,33). The predicted octanol–water partition coefficient (Wildman–Crippen LogP) is 3.76. The first kappa shape index (κ1) is 21.7. The van der Waals surface area contributed by atoms with Crippen LogP contribution in [0.4, 0.5) is 10.6 Å². The molecule has 34 heavy (non-hydrogen) atoms. The molecule has 1 heterocycles. The highest BCUT2D eigenvalue weighted by Crippen LogP contribution is 2.44. The second-order valence-corrected chi connectivity index (χ2v) is 8.74. The van der Waals surface area contributed by atoms with Crippen LogP contribution in [0.2, 0.25) is 0 Å². The van der Waals surface area contributed by atoms with Gasteiger partial charge in [0.25, 0.3) is 5.91 Å². The van der Waals surface area contributed by atoms with Gasteiger partial charge in [-0.3, -0.25) is 20.0 Å².